The number of nitrogens with zero attached hydrogens (tertiary/aromatic N) is 3. The first-order valence-corrected chi connectivity index (χ1v) is 13.5. The van der Waals surface area contributed by atoms with Gasteiger partial charge in [-0.1, -0.05) is 11.2 Å². The molecule has 38 heavy (non-hydrogen) atoms. The van der Waals surface area contributed by atoms with Crippen LogP contribution in [-0.4, -0.2) is 72.0 Å². The van der Waals surface area contributed by atoms with E-state index in [0.29, 0.717) is 23.9 Å². The summed E-state index contributed by atoms with van der Waals surface area (Å²) in [6, 6.07) is 4.82. The third-order valence-electron chi connectivity index (χ3n) is 6.15. The number of aryl methyl sites for hydroxylation is 2. The third-order valence-corrected chi connectivity index (χ3v) is 7.89. The topological polar surface area (TPSA) is 204 Å². The molecule has 14 nitrogen and oxygen atoms in total. The van der Waals surface area contributed by atoms with E-state index in [-0.39, 0.29) is 41.0 Å². The van der Waals surface area contributed by atoms with Crippen molar-refractivity contribution < 1.29 is 27.6 Å². The molecule has 15 heteroatoms. The van der Waals surface area contributed by atoms with E-state index in [0.717, 1.165) is 13.0 Å². The van der Waals surface area contributed by atoms with Crippen LogP contribution in [0.5, 0.6) is 0 Å². The number of hydrogen-bond acceptors (Lipinski definition) is 10. The number of aliphatic carboxylic acids is 1. The Balaban J connectivity index is 1.59. The lowest BCUT2D eigenvalue weighted by atomic mass is 10.0. The molecular formula is C23H30N8O6S. The minimum Gasteiger partial charge on any atom is -0.478 e. The van der Waals surface area contributed by atoms with Gasteiger partial charge in [-0.2, -0.15) is 9.82 Å². The molecule has 4 rings (SSSR count). The van der Waals surface area contributed by atoms with Gasteiger partial charge in [0.1, 0.15) is 10.6 Å². The Hall–Kier alpha value is -3.66. The molecule has 0 saturated heterocycles. The molecule has 1 aliphatic heterocycles. The molecule has 2 atom stereocenters. The number of rotatable bonds is 12. The lowest BCUT2D eigenvalue weighted by Gasteiger charge is -2.31. The van der Waals surface area contributed by atoms with Gasteiger partial charge in [-0.05, 0) is 58.2 Å². The zero-order chi connectivity index (χ0) is 27.3. The number of amides is 1. The van der Waals surface area contributed by atoms with Gasteiger partial charge in [-0.15, -0.1) is 0 Å². The van der Waals surface area contributed by atoms with Crippen molar-refractivity contribution in [2.75, 3.05) is 13.1 Å². The highest BCUT2D eigenvalue weighted by molar-refractivity contribution is 7.89. The first kappa shape index (κ1) is 27.4. The van der Waals surface area contributed by atoms with Crippen LogP contribution in [0.2, 0.25) is 0 Å². The number of sulfonamides is 1. The van der Waals surface area contributed by atoms with Crippen LogP contribution in [0, 0.1) is 13.8 Å². The van der Waals surface area contributed by atoms with Crippen molar-refractivity contribution in [1.82, 2.24) is 36.0 Å². The molecule has 1 aliphatic rings. The minimum absolute atomic E-state index is 0.00600. The Labute approximate surface area is 218 Å². The summed E-state index contributed by atoms with van der Waals surface area (Å²) in [6.45, 7) is 4.12. The van der Waals surface area contributed by atoms with Crippen molar-refractivity contribution in [2.45, 2.75) is 56.4 Å². The fourth-order valence-electron chi connectivity index (χ4n) is 4.31. The number of carboxylic acids is 1. The minimum atomic E-state index is -4.47. The zero-order valence-electron chi connectivity index (χ0n) is 20.9. The predicted octanol–water partition coefficient (Wildman–Crippen LogP) is 0.765. The summed E-state index contributed by atoms with van der Waals surface area (Å²) >= 11 is 0. The molecule has 1 aromatic carbocycles. The van der Waals surface area contributed by atoms with E-state index in [1.165, 1.54) is 26.1 Å². The number of H-pyrrole nitrogens is 1. The number of carboxylic acid groups (broad SMARTS) is 1. The molecule has 0 spiro atoms. The first-order chi connectivity index (χ1) is 18.1. The van der Waals surface area contributed by atoms with E-state index < -0.39 is 27.6 Å². The number of nitrogens with one attached hydrogen (secondary N) is 5. The number of aliphatic imine (C=N–C) groups is 1. The number of unbranched alkanes of at least 4 members (excludes halogenated alkanes) is 1. The van der Waals surface area contributed by atoms with Crippen LogP contribution in [0.15, 0.2) is 38.8 Å². The van der Waals surface area contributed by atoms with Gasteiger partial charge in [0.25, 0.3) is 5.91 Å². The second kappa shape index (κ2) is 11.4. The summed E-state index contributed by atoms with van der Waals surface area (Å²) in [4.78, 5) is 30.0. The van der Waals surface area contributed by atoms with Crippen molar-refractivity contribution in [3.8, 4) is 0 Å². The van der Waals surface area contributed by atoms with Crippen molar-refractivity contribution in [1.29, 1.82) is 0 Å². The lowest BCUT2D eigenvalue weighted by molar-refractivity contribution is -0.145. The largest absolute Gasteiger partial charge is 0.478 e. The van der Waals surface area contributed by atoms with Crippen LogP contribution in [0.3, 0.4) is 0 Å². The van der Waals surface area contributed by atoms with E-state index in [2.05, 4.69) is 41.0 Å². The molecule has 0 fully saturated rings. The Morgan fingerprint density at radius 3 is 2.76 bits per heavy atom. The first-order valence-electron chi connectivity index (χ1n) is 12.1. The molecular weight excluding hydrogens is 516 g/mol. The number of benzene rings is 1. The van der Waals surface area contributed by atoms with Crippen LogP contribution in [0.4, 0.5) is 0 Å². The monoisotopic (exact) mass is 546 g/mol. The second-order valence-electron chi connectivity index (χ2n) is 8.95. The predicted molar refractivity (Wildman–Crippen MR) is 137 cm³/mol. The van der Waals surface area contributed by atoms with E-state index in [4.69, 9.17) is 4.52 Å². The Morgan fingerprint density at radius 1 is 1.26 bits per heavy atom. The smallest absolute Gasteiger partial charge is 0.345 e. The summed E-state index contributed by atoms with van der Waals surface area (Å²) in [6.07, 6.45) is 4.38. The average Bonchev–Trinajstić information content (AvgIpc) is 3.50. The summed E-state index contributed by atoms with van der Waals surface area (Å²) in [7, 11) is -4.47. The summed E-state index contributed by atoms with van der Waals surface area (Å²) in [5.74, 6) is -2.35. The highest BCUT2D eigenvalue weighted by Gasteiger charge is 2.45. The Bertz CT molecular complexity index is 1430. The van der Waals surface area contributed by atoms with E-state index >= 15 is 0 Å². The van der Waals surface area contributed by atoms with Crippen molar-refractivity contribution in [3.63, 3.8) is 0 Å². The normalized spacial score (nSPS) is 17.4. The van der Waals surface area contributed by atoms with E-state index in [1.54, 1.807) is 12.1 Å². The molecule has 3 heterocycles. The van der Waals surface area contributed by atoms with Crippen molar-refractivity contribution in [2.24, 2.45) is 4.99 Å². The number of carbonyl (C=O) groups excluding carboxylic acids is 1. The number of aromatic amines is 1. The Morgan fingerprint density at radius 2 is 2.08 bits per heavy atom. The van der Waals surface area contributed by atoms with Gasteiger partial charge >= 0.3 is 5.97 Å². The van der Waals surface area contributed by atoms with E-state index in [9.17, 15) is 23.1 Å². The third kappa shape index (κ3) is 5.91. The van der Waals surface area contributed by atoms with Crippen LogP contribution in [-0.2, 0) is 14.8 Å². The zero-order valence-corrected chi connectivity index (χ0v) is 21.8. The molecule has 0 aliphatic carbocycles. The van der Waals surface area contributed by atoms with Crippen molar-refractivity contribution >= 4 is 39.0 Å². The highest BCUT2D eigenvalue weighted by Crippen LogP contribution is 2.24. The summed E-state index contributed by atoms with van der Waals surface area (Å²) < 4.78 is 33.9. The maximum absolute atomic E-state index is 13.4. The molecule has 0 saturated carbocycles. The Kier molecular flexibility index (Phi) is 8.20. The summed E-state index contributed by atoms with van der Waals surface area (Å²) in [5, 5.41) is 29.9. The van der Waals surface area contributed by atoms with Crippen molar-refractivity contribution in [3.05, 3.63) is 41.4 Å². The van der Waals surface area contributed by atoms with Gasteiger partial charge in [0.15, 0.2) is 12.0 Å². The van der Waals surface area contributed by atoms with E-state index in [1.807, 2.05) is 6.21 Å². The number of aromatic nitrogens is 3. The van der Waals surface area contributed by atoms with Gasteiger partial charge < -0.3 is 14.9 Å². The maximum Gasteiger partial charge on any atom is 0.345 e. The fourth-order valence-corrected chi connectivity index (χ4v) is 5.95. The van der Waals surface area contributed by atoms with Crippen LogP contribution >= 0.6 is 0 Å². The molecule has 3 aromatic rings. The van der Waals surface area contributed by atoms with Crippen LogP contribution < -0.4 is 20.7 Å². The molecule has 0 bridgehead atoms. The molecule has 0 radical (unpaired) electrons. The van der Waals surface area contributed by atoms with Gasteiger partial charge in [0.2, 0.25) is 15.7 Å². The molecule has 1 amide bonds. The fraction of sp³-hybridized carbons (Fsp3) is 0.435. The standard InChI is InChI=1S/C23H30N8O6S/c1-14-19(15(2)37-30-14)38(35,36)31-23(21(33)34,9-3-4-10-24-22-25-11-6-12-26-22)28-20(32)16-7-5-8-18-17(16)13-27-29-18/h5,7-8,11,13,22,24,26,31H,3-4,6,9-10,12H2,1-2H3,(H,27,29)(H,28,32)(H,33,34). The van der Waals surface area contributed by atoms with Crippen LogP contribution in [0.25, 0.3) is 10.9 Å². The number of carbonyl (C=O) groups is 2. The average molecular weight is 547 g/mol. The van der Waals surface area contributed by atoms with Gasteiger partial charge in [0, 0.05) is 18.1 Å². The molecule has 2 aromatic heterocycles. The number of hydrogen-bond donors (Lipinski definition) is 6. The van der Waals surface area contributed by atoms with Gasteiger partial charge in [-0.3, -0.25) is 25.5 Å². The number of fused-ring (bicyclic) bond motifs is 1. The SMILES string of the molecule is Cc1noc(C)c1S(=O)(=O)NC(CCCCNC1N=CCCN1)(NC(=O)c1cccc2[nH]ncc12)C(=O)O. The quantitative estimate of drug-likeness (QED) is 0.139. The van der Waals surface area contributed by atoms with Gasteiger partial charge in [-0.25, -0.2) is 13.2 Å². The summed E-state index contributed by atoms with van der Waals surface area (Å²) in [5.41, 5.74) is -1.59. The molecule has 2 unspecified atom stereocenters. The molecule has 204 valence electrons. The second-order valence-corrected chi connectivity index (χ2v) is 10.6. The highest BCUT2D eigenvalue weighted by atomic mass is 32.2. The lowest BCUT2D eigenvalue weighted by Crippen LogP contribution is -2.65. The molecule has 6 N–H and O–H groups in total. The maximum atomic E-state index is 13.4. The van der Waals surface area contributed by atoms with Crippen LogP contribution in [0.1, 0.15) is 47.5 Å². The van der Waals surface area contributed by atoms with Gasteiger partial charge in [0.05, 0.1) is 17.3 Å².